The van der Waals surface area contributed by atoms with Crippen LogP contribution in [0.5, 0.6) is 5.75 Å². The lowest BCUT2D eigenvalue weighted by Gasteiger charge is -2.12. The maximum atomic E-state index is 11.8. The fourth-order valence-electron chi connectivity index (χ4n) is 2.56. The van der Waals surface area contributed by atoms with E-state index < -0.39 is 0 Å². The van der Waals surface area contributed by atoms with Gasteiger partial charge in [-0.25, -0.2) is 0 Å². The second kappa shape index (κ2) is 7.67. The fourth-order valence-corrected chi connectivity index (χ4v) is 2.56. The summed E-state index contributed by atoms with van der Waals surface area (Å²) in [4.78, 5) is 11.8. The Morgan fingerprint density at radius 2 is 2.00 bits per heavy atom. The number of carbonyl (C=O) groups is 1. The minimum atomic E-state index is -0.0721. The predicted molar refractivity (Wildman–Crippen MR) is 81.0 cm³/mol. The highest BCUT2D eigenvalue weighted by molar-refractivity contribution is 6.00. The van der Waals surface area contributed by atoms with Gasteiger partial charge < -0.3 is 15.3 Å². The van der Waals surface area contributed by atoms with E-state index in [2.05, 4.69) is 10.5 Å². The quantitative estimate of drug-likeness (QED) is 0.481. The monoisotopic (exact) mass is 290 g/mol. The lowest BCUT2D eigenvalue weighted by Crippen LogP contribution is -2.36. The highest BCUT2D eigenvalue weighted by Crippen LogP contribution is 2.17. The van der Waals surface area contributed by atoms with E-state index in [1.165, 1.54) is 12.8 Å². The van der Waals surface area contributed by atoms with Gasteiger partial charge in [0.05, 0.1) is 5.71 Å². The van der Waals surface area contributed by atoms with Crippen molar-refractivity contribution in [3.05, 3.63) is 29.8 Å². The molecular formula is C16H22N2O3. The molecule has 5 heteroatoms. The zero-order valence-electron chi connectivity index (χ0n) is 12.3. The number of ether oxygens (including phenoxy) is 1. The SMILES string of the molecule is CC/C(=N\O)c1ccc(OCC(=O)NC2CCCC2)cc1. The summed E-state index contributed by atoms with van der Waals surface area (Å²) in [6.45, 7) is 1.96. The van der Waals surface area contributed by atoms with Gasteiger partial charge in [0.25, 0.3) is 5.91 Å². The smallest absolute Gasteiger partial charge is 0.258 e. The molecule has 0 aromatic heterocycles. The third kappa shape index (κ3) is 4.48. The molecule has 1 saturated carbocycles. The van der Waals surface area contributed by atoms with Gasteiger partial charge in [0.1, 0.15) is 5.75 Å². The summed E-state index contributed by atoms with van der Waals surface area (Å²) in [6, 6.07) is 7.51. The maximum Gasteiger partial charge on any atom is 0.258 e. The molecule has 0 radical (unpaired) electrons. The molecule has 114 valence electrons. The Morgan fingerprint density at radius 3 is 2.57 bits per heavy atom. The molecule has 0 spiro atoms. The lowest BCUT2D eigenvalue weighted by atomic mass is 10.1. The molecule has 2 N–H and O–H groups in total. The van der Waals surface area contributed by atoms with E-state index in [0.717, 1.165) is 18.4 Å². The highest BCUT2D eigenvalue weighted by atomic mass is 16.5. The molecule has 1 amide bonds. The van der Waals surface area contributed by atoms with Crippen molar-refractivity contribution in [2.45, 2.75) is 45.1 Å². The Bertz CT molecular complexity index is 491. The summed E-state index contributed by atoms with van der Waals surface area (Å²) >= 11 is 0. The minimum absolute atomic E-state index is 0.0323. The average molecular weight is 290 g/mol. The van der Waals surface area contributed by atoms with Crippen molar-refractivity contribution >= 4 is 11.6 Å². The van der Waals surface area contributed by atoms with Crippen LogP contribution >= 0.6 is 0 Å². The van der Waals surface area contributed by atoms with Crippen LogP contribution in [-0.4, -0.2) is 29.5 Å². The summed E-state index contributed by atoms with van der Waals surface area (Å²) in [5.41, 5.74) is 1.48. The Kier molecular flexibility index (Phi) is 5.60. The average Bonchev–Trinajstić information content (AvgIpc) is 3.00. The number of benzene rings is 1. The van der Waals surface area contributed by atoms with Crippen LogP contribution in [0.4, 0.5) is 0 Å². The minimum Gasteiger partial charge on any atom is -0.484 e. The first-order chi connectivity index (χ1) is 10.2. The molecule has 5 nitrogen and oxygen atoms in total. The summed E-state index contributed by atoms with van der Waals surface area (Å²) < 4.78 is 5.47. The number of amides is 1. The molecule has 0 atom stereocenters. The molecule has 1 fully saturated rings. The number of carbonyl (C=O) groups excluding carboxylic acids is 1. The summed E-state index contributed by atoms with van der Waals surface area (Å²) in [5, 5.41) is 15.1. The van der Waals surface area contributed by atoms with Crippen LogP contribution in [0.25, 0.3) is 0 Å². The van der Waals surface area contributed by atoms with Crippen molar-refractivity contribution in [1.29, 1.82) is 0 Å². The van der Waals surface area contributed by atoms with Gasteiger partial charge in [0, 0.05) is 6.04 Å². The van der Waals surface area contributed by atoms with Crippen LogP contribution < -0.4 is 10.1 Å². The van der Waals surface area contributed by atoms with E-state index in [-0.39, 0.29) is 12.5 Å². The first-order valence-corrected chi connectivity index (χ1v) is 7.46. The number of hydrogen-bond donors (Lipinski definition) is 2. The predicted octanol–water partition coefficient (Wildman–Crippen LogP) is 2.71. The molecule has 1 aliphatic carbocycles. The third-order valence-corrected chi connectivity index (χ3v) is 3.73. The molecular weight excluding hydrogens is 268 g/mol. The van der Waals surface area contributed by atoms with Crippen LogP contribution in [-0.2, 0) is 4.79 Å². The zero-order chi connectivity index (χ0) is 15.1. The van der Waals surface area contributed by atoms with Crippen molar-refractivity contribution in [2.24, 2.45) is 5.16 Å². The van der Waals surface area contributed by atoms with E-state index in [0.29, 0.717) is 23.9 Å². The van der Waals surface area contributed by atoms with Gasteiger partial charge in [-0.05, 0) is 49.1 Å². The molecule has 0 heterocycles. The van der Waals surface area contributed by atoms with Crippen LogP contribution in [0, 0.1) is 0 Å². The van der Waals surface area contributed by atoms with Gasteiger partial charge in [-0.15, -0.1) is 0 Å². The van der Waals surface area contributed by atoms with Crippen molar-refractivity contribution < 1.29 is 14.7 Å². The van der Waals surface area contributed by atoms with E-state index in [9.17, 15) is 4.79 Å². The maximum absolute atomic E-state index is 11.8. The van der Waals surface area contributed by atoms with Gasteiger partial charge in [-0.3, -0.25) is 4.79 Å². The zero-order valence-corrected chi connectivity index (χ0v) is 12.3. The van der Waals surface area contributed by atoms with Gasteiger partial charge in [-0.2, -0.15) is 0 Å². The molecule has 21 heavy (non-hydrogen) atoms. The molecule has 0 bridgehead atoms. The van der Waals surface area contributed by atoms with Gasteiger partial charge in [0.15, 0.2) is 6.61 Å². The molecule has 1 aromatic carbocycles. The standard InChI is InChI=1S/C16H22N2O3/c1-2-15(18-20)12-7-9-14(10-8-12)21-11-16(19)17-13-5-3-4-6-13/h7-10,13,20H,2-6,11H2,1H3,(H,17,19)/b18-15+. The first kappa shape index (κ1) is 15.4. The molecule has 1 aromatic rings. The molecule has 0 saturated heterocycles. The van der Waals surface area contributed by atoms with Crippen LogP contribution in [0.2, 0.25) is 0 Å². The molecule has 1 aliphatic rings. The van der Waals surface area contributed by atoms with Crippen LogP contribution in [0.1, 0.15) is 44.6 Å². The number of hydrogen-bond acceptors (Lipinski definition) is 4. The lowest BCUT2D eigenvalue weighted by molar-refractivity contribution is -0.123. The van der Waals surface area contributed by atoms with Crippen molar-refractivity contribution in [1.82, 2.24) is 5.32 Å². The van der Waals surface area contributed by atoms with E-state index in [1.54, 1.807) is 12.1 Å². The van der Waals surface area contributed by atoms with Gasteiger partial charge in [-0.1, -0.05) is 24.9 Å². The van der Waals surface area contributed by atoms with Crippen molar-refractivity contribution in [3.8, 4) is 5.75 Å². The number of nitrogens with zero attached hydrogens (tertiary/aromatic N) is 1. The topological polar surface area (TPSA) is 70.9 Å². The van der Waals surface area contributed by atoms with Crippen molar-refractivity contribution in [2.75, 3.05) is 6.61 Å². The van der Waals surface area contributed by atoms with E-state index >= 15 is 0 Å². The van der Waals surface area contributed by atoms with Crippen LogP contribution in [0.15, 0.2) is 29.4 Å². The second-order valence-electron chi connectivity index (χ2n) is 5.26. The first-order valence-electron chi connectivity index (χ1n) is 7.46. The molecule has 2 rings (SSSR count). The Labute approximate surface area is 125 Å². The molecule has 0 aliphatic heterocycles. The second-order valence-corrected chi connectivity index (χ2v) is 5.26. The van der Waals surface area contributed by atoms with Crippen molar-refractivity contribution in [3.63, 3.8) is 0 Å². The fraction of sp³-hybridized carbons (Fsp3) is 0.500. The van der Waals surface area contributed by atoms with Gasteiger partial charge >= 0.3 is 0 Å². The normalized spacial score (nSPS) is 16.0. The largest absolute Gasteiger partial charge is 0.484 e. The third-order valence-electron chi connectivity index (χ3n) is 3.73. The number of rotatable bonds is 6. The Hall–Kier alpha value is -2.04. The van der Waals surface area contributed by atoms with E-state index in [1.807, 2.05) is 19.1 Å². The van der Waals surface area contributed by atoms with E-state index in [4.69, 9.17) is 9.94 Å². The summed E-state index contributed by atoms with van der Waals surface area (Å²) in [6.07, 6.45) is 5.18. The number of nitrogens with one attached hydrogen (secondary N) is 1. The number of oxime groups is 1. The highest BCUT2D eigenvalue weighted by Gasteiger charge is 2.17. The summed E-state index contributed by atoms with van der Waals surface area (Å²) in [5.74, 6) is 0.561. The summed E-state index contributed by atoms with van der Waals surface area (Å²) in [7, 11) is 0. The Balaban J connectivity index is 1.81. The van der Waals surface area contributed by atoms with Gasteiger partial charge in [0.2, 0.25) is 0 Å². The Morgan fingerprint density at radius 1 is 1.33 bits per heavy atom. The van der Waals surface area contributed by atoms with Crippen LogP contribution in [0.3, 0.4) is 0 Å². The molecule has 0 unspecified atom stereocenters.